The second-order valence-corrected chi connectivity index (χ2v) is 3.05. The molecule has 0 radical (unpaired) electrons. The van der Waals surface area contributed by atoms with Crippen LogP contribution in [-0.2, 0) is 0 Å². The molecule has 2 rings (SSSR count). The molecule has 3 nitrogen and oxygen atoms in total. The minimum absolute atomic E-state index is 0.406. The fraction of sp³-hybridized carbons (Fsp3) is 0.100. The third kappa shape index (κ3) is 1.18. The van der Waals surface area contributed by atoms with E-state index in [1.807, 2.05) is 19.1 Å². The average molecular weight is 175 g/mol. The van der Waals surface area contributed by atoms with Gasteiger partial charge in [0.2, 0.25) is 0 Å². The van der Waals surface area contributed by atoms with E-state index in [9.17, 15) is 10.0 Å². The minimum atomic E-state index is -0.406. The van der Waals surface area contributed by atoms with Crippen LogP contribution in [0.5, 0.6) is 0 Å². The maximum atomic E-state index is 11.0. The maximum absolute atomic E-state index is 11.0. The first-order valence-electron chi connectivity index (χ1n) is 4.00. The molecule has 0 saturated heterocycles. The molecule has 1 heterocycles. The number of rotatable bonds is 0. The highest BCUT2D eigenvalue weighted by Gasteiger charge is 1.99. The highest BCUT2D eigenvalue weighted by molar-refractivity contribution is 5.79. The third-order valence-electron chi connectivity index (χ3n) is 2.03. The van der Waals surface area contributed by atoms with Gasteiger partial charge in [0.15, 0.2) is 0 Å². The smallest absolute Gasteiger partial charge is 0.283 e. The Balaban J connectivity index is 2.95. The zero-order valence-corrected chi connectivity index (χ0v) is 7.19. The van der Waals surface area contributed by atoms with Gasteiger partial charge in [-0.1, -0.05) is 11.6 Å². The van der Waals surface area contributed by atoms with E-state index < -0.39 is 5.56 Å². The molecule has 3 heteroatoms. The van der Waals surface area contributed by atoms with Gasteiger partial charge in [0.05, 0.1) is 5.52 Å². The standard InChI is InChI=1S/C10H9NO2/c1-7-2-4-9-8(6-7)3-5-10(12)11(9)13/h2-6,13H,1H3. The van der Waals surface area contributed by atoms with Gasteiger partial charge in [0.1, 0.15) is 0 Å². The fourth-order valence-electron chi connectivity index (χ4n) is 1.35. The van der Waals surface area contributed by atoms with Crippen LogP contribution in [0, 0.1) is 6.92 Å². The van der Waals surface area contributed by atoms with Crippen molar-refractivity contribution < 1.29 is 5.21 Å². The molecule has 0 unspecified atom stereocenters. The number of benzene rings is 1. The number of aromatic nitrogens is 1. The van der Waals surface area contributed by atoms with Gasteiger partial charge in [-0.05, 0) is 25.1 Å². The minimum Gasteiger partial charge on any atom is -0.425 e. The van der Waals surface area contributed by atoms with Crippen molar-refractivity contribution >= 4 is 10.9 Å². The Labute approximate surface area is 74.8 Å². The van der Waals surface area contributed by atoms with Gasteiger partial charge in [-0.15, -0.1) is 4.73 Å². The maximum Gasteiger partial charge on any atom is 0.283 e. The van der Waals surface area contributed by atoms with Crippen LogP contribution in [0.1, 0.15) is 5.56 Å². The number of hydrogen-bond acceptors (Lipinski definition) is 2. The van der Waals surface area contributed by atoms with Gasteiger partial charge < -0.3 is 5.21 Å². The predicted molar refractivity (Wildman–Crippen MR) is 50.1 cm³/mol. The molecule has 0 bridgehead atoms. The first-order valence-corrected chi connectivity index (χ1v) is 4.00. The van der Waals surface area contributed by atoms with Crippen molar-refractivity contribution in [3.05, 3.63) is 46.2 Å². The van der Waals surface area contributed by atoms with Crippen molar-refractivity contribution in [2.45, 2.75) is 6.92 Å². The molecule has 0 aliphatic rings. The second-order valence-electron chi connectivity index (χ2n) is 3.05. The van der Waals surface area contributed by atoms with Gasteiger partial charge in [0, 0.05) is 11.5 Å². The fourth-order valence-corrected chi connectivity index (χ4v) is 1.35. The second kappa shape index (κ2) is 2.62. The molecular formula is C10H9NO2. The van der Waals surface area contributed by atoms with Crippen LogP contribution >= 0.6 is 0 Å². The van der Waals surface area contributed by atoms with Crippen molar-refractivity contribution in [2.24, 2.45) is 0 Å². The molecule has 0 spiro atoms. The van der Waals surface area contributed by atoms with Gasteiger partial charge in [0.25, 0.3) is 5.56 Å². The highest BCUT2D eigenvalue weighted by atomic mass is 16.5. The molecule has 0 fully saturated rings. The zero-order chi connectivity index (χ0) is 9.42. The molecule has 1 N–H and O–H groups in total. The van der Waals surface area contributed by atoms with Crippen LogP contribution in [0.4, 0.5) is 0 Å². The summed E-state index contributed by atoms with van der Waals surface area (Å²) in [6, 6.07) is 8.56. The number of pyridine rings is 1. The summed E-state index contributed by atoms with van der Waals surface area (Å²) in [5.41, 5.74) is 1.24. The summed E-state index contributed by atoms with van der Waals surface area (Å²) in [5.74, 6) is 0. The Bertz CT molecular complexity index is 514. The summed E-state index contributed by atoms with van der Waals surface area (Å²) in [6.07, 6.45) is 0. The molecule has 0 atom stereocenters. The van der Waals surface area contributed by atoms with Crippen LogP contribution in [0.15, 0.2) is 35.1 Å². The van der Waals surface area contributed by atoms with Crippen molar-refractivity contribution in [3.8, 4) is 0 Å². The van der Waals surface area contributed by atoms with Crippen LogP contribution in [0.3, 0.4) is 0 Å². The molecule has 0 aliphatic heterocycles. The molecule has 0 saturated carbocycles. The van der Waals surface area contributed by atoms with E-state index in [1.165, 1.54) is 6.07 Å². The van der Waals surface area contributed by atoms with Crippen molar-refractivity contribution in [1.29, 1.82) is 0 Å². The highest BCUT2D eigenvalue weighted by Crippen LogP contribution is 2.12. The Kier molecular flexibility index (Phi) is 1.59. The SMILES string of the molecule is Cc1ccc2c(ccc(=O)n2O)c1. The average Bonchev–Trinajstić information content (AvgIpc) is 2.12. The lowest BCUT2D eigenvalue weighted by molar-refractivity contribution is 0.188. The Morgan fingerprint density at radius 3 is 2.77 bits per heavy atom. The van der Waals surface area contributed by atoms with Gasteiger partial charge >= 0.3 is 0 Å². The summed E-state index contributed by atoms with van der Waals surface area (Å²) in [4.78, 5) is 11.0. The Morgan fingerprint density at radius 1 is 1.23 bits per heavy atom. The summed E-state index contributed by atoms with van der Waals surface area (Å²) in [5, 5.41) is 10.2. The molecule has 1 aromatic carbocycles. The lowest BCUT2D eigenvalue weighted by Gasteiger charge is -2.02. The van der Waals surface area contributed by atoms with E-state index in [1.54, 1.807) is 12.1 Å². The molecule has 2 aromatic rings. The summed E-state index contributed by atoms with van der Waals surface area (Å²) in [7, 11) is 0. The quantitative estimate of drug-likeness (QED) is 0.617. The molecule has 1 aromatic heterocycles. The van der Waals surface area contributed by atoms with Crippen molar-refractivity contribution in [1.82, 2.24) is 4.73 Å². The van der Waals surface area contributed by atoms with Gasteiger partial charge in [-0.25, -0.2) is 0 Å². The van der Waals surface area contributed by atoms with E-state index in [0.29, 0.717) is 10.2 Å². The topological polar surface area (TPSA) is 42.2 Å². The Hall–Kier alpha value is -1.77. The monoisotopic (exact) mass is 175 g/mol. The number of nitrogens with zero attached hydrogens (tertiary/aromatic N) is 1. The first-order chi connectivity index (χ1) is 6.18. The zero-order valence-electron chi connectivity index (χ0n) is 7.19. The normalized spacial score (nSPS) is 10.5. The molecule has 66 valence electrons. The van der Waals surface area contributed by atoms with Crippen LogP contribution in [-0.4, -0.2) is 9.94 Å². The lowest BCUT2D eigenvalue weighted by atomic mass is 10.1. The lowest BCUT2D eigenvalue weighted by Crippen LogP contribution is -2.15. The summed E-state index contributed by atoms with van der Waals surface area (Å²) >= 11 is 0. The third-order valence-corrected chi connectivity index (χ3v) is 2.03. The number of fused-ring (bicyclic) bond motifs is 1. The first kappa shape index (κ1) is 7.86. The van der Waals surface area contributed by atoms with Crippen LogP contribution < -0.4 is 5.56 Å². The van der Waals surface area contributed by atoms with Crippen LogP contribution in [0.2, 0.25) is 0 Å². The number of hydrogen-bond donors (Lipinski definition) is 1. The van der Waals surface area contributed by atoms with Gasteiger partial charge in [-0.2, -0.15) is 0 Å². The molecule has 0 aliphatic carbocycles. The summed E-state index contributed by atoms with van der Waals surface area (Å²) < 4.78 is 0.661. The number of aryl methyl sites for hydroxylation is 1. The Morgan fingerprint density at radius 2 is 2.00 bits per heavy atom. The van der Waals surface area contributed by atoms with Gasteiger partial charge in [-0.3, -0.25) is 4.79 Å². The van der Waals surface area contributed by atoms with E-state index in [4.69, 9.17) is 0 Å². The summed E-state index contributed by atoms with van der Waals surface area (Å²) in [6.45, 7) is 1.96. The largest absolute Gasteiger partial charge is 0.425 e. The van der Waals surface area contributed by atoms with Crippen LogP contribution in [0.25, 0.3) is 10.9 Å². The molecule has 0 amide bonds. The van der Waals surface area contributed by atoms with E-state index in [2.05, 4.69) is 0 Å². The van der Waals surface area contributed by atoms with E-state index in [-0.39, 0.29) is 0 Å². The predicted octanol–water partition coefficient (Wildman–Crippen LogP) is 1.55. The van der Waals surface area contributed by atoms with Crippen molar-refractivity contribution in [3.63, 3.8) is 0 Å². The van der Waals surface area contributed by atoms with Crippen molar-refractivity contribution in [2.75, 3.05) is 0 Å². The molecular weight excluding hydrogens is 166 g/mol. The van der Waals surface area contributed by atoms with E-state index >= 15 is 0 Å². The molecule has 13 heavy (non-hydrogen) atoms. The van der Waals surface area contributed by atoms with E-state index in [0.717, 1.165) is 10.9 Å².